The van der Waals surface area contributed by atoms with Crippen molar-refractivity contribution in [1.82, 2.24) is 5.43 Å². The number of benzene rings is 3. The Labute approximate surface area is 203 Å². The zero-order valence-electron chi connectivity index (χ0n) is 19.6. The summed E-state index contributed by atoms with van der Waals surface area (Å²) in [6.07, 6.45) is 1.36. The standard InChI is InChI=1S/C26H26N4O5/c1-17-8-7-11-21(18(17)2)29-25(32)26(33)30-27-15-19-12-13-22(23(14-19)34-3)35-16-24(31)28-20-9-5-4-6-10-20/h4-15H,16H2,1-3H3,(H,28,31)(H,29,32)(H,30,33)/b27-15-. The van der Waals surface area contributed by atoms with Gasteiger partial charge >= 0.3 is 11.8 Å². The van der Waals surface area contributed by atoms with Crippen molar-refractivity contribution in [2.75, 3.05) is 24.4 Å². The first kappa shape index (κ1) is 25.0. The van der Waals surface area contributed by atoms with Gasteiger partial charge in [-0.15, -0.1) is 0 Å². The van der Waals surface area contributed by atoms with E-state index in [9.17, 15) is 14.4 Å². The molecule has 9 nitrogen and oxygen atoms in total. The minimum Gasteiger partial charge on any atom is -0.493 e. The van der Waals surface area contributed by atoms with E-state index in [1.54, 1.807) is 42.5 Å². The number of ether oxygens (including phenoxy) is 2. The van der Waals surface area contributed by atoms with Gasteiger partial charge in [0.25, 0.3) is 5.91 Å². The first-order valence-electron chi connectivity index (χ1n) is 10.7. The molecule has 0 aliphatic heterocycles. The number of anilines is 2. The van der Waals surface area contributed by atoms with E-state index in [4.69, 9.17) is 9.47 Å². The number of methoxy groups -OCH3 is 1. The Balaban J connectivity index is 1.53. The number of nitrogens with zero attached hydrogens (tertiary/aromatic N) is 1. The molecule has 0 unspecified atom stereocenters. The molecular formula is C26H26N4O5. The predicted octanol–water partition coefficient (Wildman–Crippen LogP) is 3.42. The monoisotopic (exact) mass is 474 g/mol. The molecule has 3 amide bonds. The third kappa shape index (κ3) is 7.16. The Morgan fingerprint density at radius 1 is 0.886 bits per heavy atom. The number of carbonyl (C=O) groups excluding carboxylic acids is 3. The van der Waals surface area contributed by atoms with Crippen LogP contribution in [0.1, 0.15) is 16.7 Å². The Morgan fingerprint density at radius 2 is 1.66 bits per heavy atom. The van der Waals surface area contributed by atoms with Crippen LogP contribution in [0, 0.1) is 13.8 Å². The van der Waals surface area contributed by atoms with Gasteiger partial charge in [-0.25, -0.2) is 5.43 Å². The molecule has 0 radical (unpaired) electrons. The molecule has 9 heteroatoms. The maximum atomic E-state index is 12.1. The van der Waals surface area contributed by atoms with Crippen LogP contribution in [0.25, 0.3) is 0 Å². The van der Waals surface area contributed by atoms with Gasteiger partial charge in [0.05, 0.1) is 13.3 Å². The Hall–Kier alpha value is -4.66. The molecule has 0 aromatic heterocycles. The first-order valence-corrected chi connectivity index (χ1v) is 10.7. The highest BCUT2D eigenvalue weighted by Crippen LogP contribution is 2.27. The summed E-state index contributed by atoms with van der Waals surface area (Å²) in [6, 6.07) is 19.4. The maximum absolute atomic E-state index is 12.1. The Morgan fingerprint density at radius 3 is 2.40 bits per heavy atom. The van der Waals surface area contributed by atoms with Gasteiger partial charge in [-0.3, -0.25) is 14.4 Å². The summed E-state index contributed by atoms with van der Waals surface area (Å²) in [7, 11) is 1.46. The number of hydrogen-bond donors (Lipinski definition) is 3. The number of hydrazone groups is 1. The molecule has 0 saturated heterocycles. The summed E-state index contributed by atoms with van der Waals surface area (Å²) in [4.78, 5) is 36.3. The molecule has 0 atom stereocenters. The van der Waals surface area contributed by atoms with E-state index in [2.05, 4.69) is 21.2 Å². The van der Waals surface area contributed by atoms with Gasteiger partial charge in [-0.2, -0.15) is 5.10 Å². The molecule has 0 bridgehead atoms. The van der Waals surface area contributed by atoms with E-state index in [1.807, 2.05) is 38.1 Å². The molecule has 3 aromatic rings. The lowest BCUT2D eigenvalue weighted by atomic mass is 10.1. The van der Waals surface area contributed by atoms with E-state index in [0.29, 0.717) is 28.4 Å². The second kappa shape index (κ2) is 12.0. The quantitative estimate of drug-likeness (QED) is 0.263. The fourth-order valence-electron chi connectivity index (χ4n) is 3.03. The van der Waals surface area contributed by atoms with Crippen molar-refractivity contribution in [2.45, 2.75) is 13.8 Å². The molecule has 0 aliphatic carbocycles. The smallest absolute Gasteiger partial charge is 0.329 e. The van der Waals surface area contributed by atoms with Gasteiger partial charge < -0.3 is 20.1 Å². The minimum absolute atomic E-state index is 0.204. The van der Waals surface area contributed by atoms with Crippen LogP contribution in [0.2, 0.25) is 0 Å². The Kier molecular flexibility index (Phi) is 8.55. The van der Waals surface area contributed by atoms with E-state index < -0.39 is 11.8 Å². The summed E-state index contributed by atoms with van der Waals surface area (Å²) in [6.45, 7) is 3.57. The van der Waals surface area contributed by atoms with Crippen molar-refractivity contribution >= 4 is 35.3 Å². The van der Waals surface area contributed by atoms with Crippen molar-refractivity contribution in [3.05, 3.63) is 83.4 Å². The molecule has 0 fully saturated rings. The second-order valence-electron chi connectivity index (χ2n) is 7.51. The summed E-state index contributed by atoms with van der Waals surface area (Å²) < 4.78 is 10.9. The summed E-state index contributed by atoms with van der Waals surface area (Å²) in [5.41, 5.74) is 5.89. The van der Waals surface area contributed by atoms with E-state index in [1.165, 1.54) is 13.3 Å². The van der Waals surface area contributed by atoms with E-state index in [-0.39, 0.29) is 12.5 Å². The average Bonchev–Trinajstić information content (AvgIpc) is 2.86. The number of hydrogen-bond acceptors (Lipinski definition) is 6. The Bertz CT molecular complexity index is 1240. The fourth-order valence-corrected chi connectivity index (χ4v) is 3.03. The number of rotatable bonds is 8. The highest BCUT2D eigenvalue weighted by atomic mass is 16.5. The zero-order valence-corrected chi connectivity index (χ0v) is 19.6. The lowest BCUT2D eigenvalue weighted by Gasteiger charge is -2.11. The van der Waals surface area contributed by atoms with Crippen LogP contribution in [0.3, 0.4) is 0 Å². The van der Waals surface area contributed by atoms with Crippen molar-refractivity contribution in [3.63, 3.8) is 0 Å². The van der Waals surface area contributed by atoms with Crippen LogP contribution >= 0.6 is 0 Å². The van der Waals surface area contributed by atoms with Gasteiger partial charge in [0, 0.05) is 11.4 Å². The molecular weight excluding hydrogens is 448 g/mol. The molecule has 180 valence electrons. The van der Waals surface area contributed by atoms with Crippen molar-refractivity contribution < 1.29 is 23.9 Å². The van der Waals surface area contributed by atoms with Gasteiger partial charge in [0.1, 0.15) is 0 Å². The summed E-state index contributed by atoms with van der Waals surface area (Å²) >= 11 is 0. The SMILES string of the molecule is COc1cc(/C=N\NC(=O)C(=O)Nc2cccc(C)c2C)ccc1OCC(=O)Nc1ccccc1. The zero-order chi connectivity index (χ0) is 25.2. The number of amides is 3. The van der Waals surface area contributed by atoms with Crippen LogP contribution in [-0.4, -0.2) is 37.7 Å². The number of carbonyl (C=O) groups is 3. The number of nitrogens with one attached hydrogen (secondary N) is 3. The minimum atomic E-state index is -0.904. The van der Waals surface area contributed by atoms with Crippen LogP contribution in [0.4, 0.5) is 11.4 Å². The van der Waals surface area contributed by atoms with Crippen molar-refractivity contribution in [2.24, 2.45) is 5.10 Å². The van der Waals surface area contributed by atoms with Crippen LogP contribution in [-0.2, 0) is 14.4 Å². The van der Waals surface area contributed by atoms with Gasteiger partial charge in [-0.05, 0) is 66.9 Å². The van der Waals surface area contributed by atoms with Crippen LogP contribution < -0.4 is 25.5 Å². The molecule has 0 spiro atoms. The second-order valence-corrected chi connectivity index (χ2v) is 7.51. The fraction of sp³-hybridized carbons (Fsp3) is 0.154. The molecule has 3 aromatic carbocycles. The van der Waals surface area contributed by atoms with Gasteiger partial charge in [0.15, 0.2) is 18.1 Å². The molecule has 0 aliphatic rings. The third-order valence-electron chi connectivity index (χ3n) is 5.04. The average molecular weight is 475 g/mol. The van der Waals surface area contributed by atoms with Crippen LogP contribution in [0.15, 0.2) is 71.8 Å². The summed E-state index contributed by atoms with van der Waals surface area (Å²) in [5.74, 6) is -1.31. The van der Waals surface area contributed by atoms with E-state index >= 15 is 0 Å². The third-order valence-corrected chi connectivity index (χ3v) is 5.04. The predicted molar refractivity (Wildman–Crippen MR) is 134 cm³/mol. The topological polar surface area (TPSA) is 118 Å². The highest BCUT2D eigenvalue weighted by molar-refractivity contribution is 6.39. The molecule has 35 heavy (non-hydrogen) atoms. The van der Waals surface area contributed by atoms with Crippen LogP contribution in [0.5, 0.6) is 11.5 Å². The van der Waals surface area contributed by atoms with Crippen molar-refractivity contribution in [1.29, 1.82) is 0 Å². The van der Waals surface area contributed by atoms with E-state index in [0.717, 1.165) is 11.1 Å². The molecule has 0 saturated carbocycles. The molecule has 3 N–H and O–H groups in total. The van der Waals surface area contributed by atoms with Gasteiger partial charge in [-0.1, -0.05) is 30.3 Å². The largest absolute Gasteiger partial charge is 0.493 e. The normalized spacial score (nSPS) is 10.5. The number of para-hydroxylation sites is 1. The first-order chi connectivity index (χ1) is 16.9. The highest BCUT2D eigenvalue weighted by Gasteiger charge is 2.14. The molecule has 0 heterocycles. The number of aryl methyl sites for hydroxylation is 1. The summed E-state index contributed by atoms with van der Waals surface area (Å²) in [5, 5.41) is 9.12. The lowest BCUT2D eigenvalue weighted by molar-refractivity contribution is -0.136. The lowest BCUT2D eigenvalue weighted by Crippen LogP contribution is -2.32. The molecule has 3 rings (SSSR count). The van der Waals surface area contributed by atoms with Gasteiger partial charge in [0.2, 0.25) is 0 Å². The maximum Gasteiger partial charge on any atom is 0.329 e. The van der Waals surface area contributed by atoms with Crippen molar-refractivity contribution in [3.8, 4) is 11.5 Å².